The van der Waals surface area contributed by atoms with Gasteiger partial charge in [0.15, 0.2) is 0 Å². The van der Waals surface area contributed by atoms with Gasteiger partial charge in [0, 0.05) is 17.9 Å². The number of anilines is 2. The van der Waals surface area contributed by atoms with Gasteiger partial charge < -0.3 is 16.4 Å². The average Bonchev–Trinajstić information content (AvgIpc) is 2.29. The molecular weight excluding hydrogens is 226 g/mol. The Balaban J connectivity index is 2.58. The molecule has 1 unspecified atom stereocenters. The zero-order chi connectivity index (χ0) is 13.7. The van der Waals surface area contributed by atoms with Gasteiger partial charge in [-0.05, 0) is 43.5 Å². The van der Waals surface area contributed by atoms with Gasteiger partial charge >= 0.3 is 0 Å². The van der Waals surface area contributed by atoms with E-state index in [1.54, 1.807) is 0 Å². The third kappa shape index (κ3) is 4.28. The van der Waals surface area contributed by atoms with Crippen LogP contribution in [0.4, 0.5) is 11.4 Å². The van der Waals surface area contributed by atoms with Gasteiger partial charge in [-0.1, -0.05) is 13.8 Å². The fraction of sp³-hybridized carbons (Fsp3) is 0.500. The molecule has 1 aromatic carbocycles. The Kier molecular flexibility index (Phi) is 5.01. The Morgan fingerprint density at radius 2 is 2.00 bits per heavy atom. The number of nitrogens with two attached hydrogens (primary N) is 1. The Labute approximate surface area is 109 Å². The highest BCUT2D eigenvalue weighted by molar-refractivity contribution is 5.84. The number of carbonyl (C=O) groups excluding carboxylic acids is 1. The van der Waals surface area contributed by atoms with Gasteiger partial charge in [-0.15, -0.1) is 0 Å². The molecule has 1 aromatic rings. The third-order valence-corrected chi connectivity index (χ3v) is 2.70. The van der Waals surface area contributed by atoms with Crippen LogP contribution >= 0.6 is 0 Å². The van der Waals surface area contributed by atoms with Crippen molar-refractivity contribution in [2.75, 3.05) is 17.6 Å². The number of carbonyl (C=O) groups is 1. The van der Waals surface area contributed by atoms with Gasteiger partial charge in [0.05, 0.1) is 0 Å². The van der Waals surface area contributed by atoms with Crippen molar-refractivity contribution >= 4 is 17.3 Å². The molecule has 1 rings (SSSR count). The Morgan fingerprint density at radius 3 is 2.56 bits per heavy atom. The highest BCUT2D eigenvalue weighted by Gasteiger charge is 2.13. The summed E-state index contributed by atoms with van der Waals surface area (Å²) in [5.41, 5.74) is 8.40. The van der Waals surface area contributed by atoms with Crippen molar-refractivity contribution in [3.63, 3.8) is 0 Å². The summed E-state index contributed by atoms with van der Waals surface area (Å²) in [6.07, 6.45) is 0. The lowest BCUT2D eigenvalue weighted by Crippen LogP contribution is -2.39. The molecule has 0 fully saturated rings. The van der Waals surface area contributed by atoms with E-state index < -0.39 is 0 Å². The minimum Gasteiger partial charge on any atom is -0.399 e. The second-order valence-corrected chi connectivity index (χ2v) is 5.08. The second-order valence-electron chi connectivity index (χ2n) is 5.08. The summed E-state index contributed by atoms with van der Waals surface area (Å²) in [5.74, 6) is 0.472. The van der Waals surface area contributed by atoms with Gasteiger partial charge in [0.25, 0.3) is 0 Å². The van der Waals surface area contributed by atoms with Crippen molar-refractivity contribution in [1.29, 1.82) is 0 Å². The molecule has 0 aliphatic carbocycles. The Morgan fingerprint density at radius 1 is 1.33 bits per heavy atom. The summed E-state index contributed by atoms with van der Waals surface area (Å²) in [6.45, 7) is 8.67. The van der Waals surface area contributed by atoms with E-state index in [4.69, 9.17) is 5.73 Å². The van der Waals surface area contributed by atoms with Gasteiger partial charge in [0.2, 0.25) is 5.91 Å². The zero-order valence-corrected chi connectivity index (χ0v) is 11.6. The molecule has 4 N–H and O–H groups in total. The number of aryl methyl sites for hydroxylation is 1. The third-order valence-electron chi connectivity index (χ3n) is 2.70. The summed E-state index contributed by atoms with van der Waals surface area (Å²) in [7, 11) is 0. The maximum absolute atomic E-state index is 11.8. The number of nitrogen functional groups attached to an aromatic ring is 1. The predicted molar refractivity (Wildman–Crippen MR) is 76.5 cm³/mol. The van der Waals surface area contributed by atoms with Crippen molar-refractivity contribution in [3.05, 3.63) is 23.8 Å². The maximum Gasteiger partial charge on any atom is 0.242 e. The van der Waals surface area contributed by atoms with Crippen LogP contribution < -0.4 is 16.4 Å². The molecule has 4 heteroatoms. The number of hydrogen-bond donors (Lipinski definition) is 3. The molecule has 1 atom stereocenters. The number of amides is 1. The van der Waals surface area contributed by atoms with Crippen molar-refractivity contribution in [1.82, 2.24) is 5.32 Å². The SMILES string of the molecule is Cc1cc(N)ccc1NC(C)C(=O)NCC(C)C. The lowest BCUT2D eigenvalue weighted by molar-refractivity contribution is -0.121. The van der Waals surface area contributed by atoms with Crippen LogP contribution in [-0.2, 0) is 4.79 Å². The summed E-state index contributed by atoms with van der Waals surface area (Å²) < 4.78 is 0. The first-order valence-electron chi connectivity index (χ1n) is 6.30. The molecule has 18 heavy (non-hydrogen) atoms. The van der Waals surface area contributed by atoms with Crippen molar-refractivity contribution in [2.24, 2.45) is 5.92 Å². The molecule has 0 aromatic heterocycles. The zero-order valence-electron chi connectivity index (χ0n) is 11.6. The van der Waals surface area contributed by atoms with Gasteiger partial charge in [0.1, 0.15) is 6.04 Å². The number of hydrogen-bond acceptors (Lipinski definition) is 3. The van der Waals surface area contributed by atoms with Gasteiger partial charge in [-0.2, -0.15) is 0 Å². The number of nitrogens with one attached hydrogen (secondary N) is 2. The van der Waals surface area contributed by atoms with Crippen LogP contribution in [0, 0.1) is 12.8 Å². The van der Waals surface area contributed by atoms with Crippen LogP contribution in [-0.4, -0.2) is 18.5 Å². The summed E-state index contributed by atoms with van der Waals surface area (Å²) >= 11 is 0. The van der Waals surface area contributed by atoms with Crippen LogP contribution in [0.1, 0.15) is 26.3 Å². The van der Waals surface area contributed by atoms with Crippen LogP contribution in [0.2, 0.25) is 0 Å². The van der Waals surface area contributed by atoms with E-state index in [0.717, 1.165) is 16.9 Å². The highest BCUT2D eigenvalue weighted by atomic mass is 16.2. The summed E-state index contributed by atoms with van der Waals surface area (Å²) in [5, 5.41) is 6.10. The summed E-state index contributed by atoms with van der Waals surface area (Å²) in [4.78, 5) is 11.8. The Bertz CT molecular complexity index is 416. The molecular formula is C14H23N3O. The van der Waals surface area contributed by atoms with Gasteiger partial charge in [-0.25, -0.2) is 0 Å². The highest BCUT2D eigenvalue weighted by Crippen LogP contribution is 2.18. The summed E-state index contributed by atoms with van der Waals surface area (Å²) in [6, 6.07) is 5.36. The maximum atomic E-state index is 11.8. The molecule has 0 aliphatic heterocycles. The molecule has 0 radical (unpaired) electrons. The molecule has 0 bridgehead atoms. The van der Waals surface area contributed by atoms with Crippen molar-refractivity contribution in [2.45, 2.75) is 33.7 Å². The van der Waals surface area contributed by atoms with Crippen LogP contribution in [0.25, 0.3) is 0 Å². The first kappa shape index (κ1) is 14.4. The molecule has 0 saturated carbocycles. The van der Waals surface area contributed by atoms with E-state index in [9.17, 15) is 4.79 Å². The lowest BCUT2D eigenvalue weighted by atomic mass is 10.1. The molecule has 1 amide bonds. The fourth-order valence-corrected chi connectivity index (χ4v) is 1.61. The van der Waals surface area contributed by atoms with Crippen LogP contribution in [0.15, 0.2) is 18.2 Å². The smallest absolute Gasteiger partial charge is 0.242 e. The monoisotopic (exact) mass is 249 g/mol. The number of benzene rings is 1. The van der Waals surface area contributed by atoms with Crippen LogP contribution in [0.5, 0.6) is 0 Å². The number of rotatable bonds is 5. The quantitative estimate of drug-likeness (QED) is 0.700. The van der Waals surface area contributed by atoms with E-state index >= 15 is 0 Å². The van der Waals surface area contributed by atoms with E-state index in [0.29, 0.717) is 12.5 Å². The topological polar surface area (TPSA) is 67.1 Å². The fourth-order valence-electron chi connectivity index (χ4n) is 1.61. The lowest BCUT2D eigenvalue weighted by Gasteiger charge is -2.17. The largest absolute Gasteiger partial charge is 0.399 e. The molecule has 0 heterocycles. The second kappa shape index (κ2) is 6.28. The first-order chi connectivity index (χ1) is 8.40. The molecule has 4 nitrogen and oxygen atoms in total. The van der Waals surface area contributed by atoms with E-state index in [1.807, 2.05) is 32.0 Å². The standard InChI is InChI=1S/C14H23N3O/c1-9(2)8-16-14(18)11(4)17-13-6-5-12(15)7-10(13)3/h5-7,9,11,17H,8,15H2,1-4H3,(H,16,18). The van der Waals surface area contributed by atoms with Crippen molar-refractivity contribution < 1.29 is 4.79 Å². The average molecular weight is 249 g/mol. The molecule has 0 aliphatic rings. The van der Waals surface area contributed by atoms with Gasteiger partial charge in [-0.3, -0.25) is 4.79 Å². The molecule has 0 spiro atoms. The minimum atomic E-state index is -0.258. The van der Waals surface area contributed by atoms with Crippen LogP contribution in [0.3, 0.4) is 0 Å². The predicted octanol–water partition coefficient (Wildman–Crippen LogP) is 2.15. The van der Waals surface area contributed by atoms with Crippen molar-refractivity contribution in [3.8, 4) is 0 Å². The van der Waals surface area contributed by atoms with E-state index in [1.165, 1.54) is 0 Å². The van der Waals surface area contributed by atoms with E-state index in [-0.39, 0.29) is 11.9 Å². The molecule has 100 valence electrons. The first-order valence-corrected chi connectivity index (χ1v) is 6.30. The van der Waals surface area contributed by atoms with E-state index in [2.05, 4.69) is 24.5 Å². The minimum absolute atomic E-state index is 0.0138. The Hall–Kier alpha value is -1.71. The molecule has 0 saturated heterocycles. The normalized spacial score (nSPS) is 12.3.